The molecule has 4 N–H and O–H groups in total. The normalized spacial score (nSPS) is 11.7. The van der Waals surface area contributed by atoms with E-state index >= 15 is 0 Å². The number of aromatic hydroxyl groups is 2. The largest absolute Gasteiger partial charge is 0.504 e. The van der Waals surface area contributed by atoms with Gasteiger partial charge in [-0.2, -0.15) is 0 Å². The summed E-state index contributed by atoms with van der Waals surface area (Å²) in [5.74, 6) is -1.56. The molecule has 0 fully saturated rings. The Balaban J connectivity index is 2.56. The van der Waals surface area contributed by atoms with Gasteiger partial charge in [0.05, 0.1) is 6.61 Å². The SMILES string of the molecule is COCCNC(=O)C(C)NC(=O)c1ccc(O)c(O)c1. The number of benzene rings is 1. The molecule has 0 bridgehead atoms. The number of hydrogen-bond acceptors (Lipinski definition) is 5. The van der Waals surface area contributed by atoms with E-state index in [2.05, 4.69) is 10.6 Å². The molecule has 1 rings (SSSR count). The number of carbonyl (C=O) groups is 2. The fourth-order valence-electron chi connectivity index (χ4n) is 1.44. The lowest BCUT2D eigenvalue weighted by Crippen LogP contribution is -2.45. The van der Waals surface area contributed by atoms with E-state index in [9.17, 15) is 14.7 Å². The van der Waals surface area contributed by atoms with Gasteiger partial charge in [-0.05, 0) is 25.1 Å². The highest BCUT2D eigenvalue weighted by molar-refractivity contribution is 5.97. The maximum absolute atomic E-state index is 11.8. The van der Waals surface area contributed by atoms with Crippen molar-refractivity contribution in [1.82, 2.24) is 10.6 Å². The van der Waals surface area contributed by atoms with Crippen LogP contribution in [0.4, 0.5) is 0 Å². The lowest BCUT2D eigenvalue weighted by molar-refractivity contribution is -0.122. The molecule has 1 aromatic rings. The highest BCUT2D eigenvalue weighted by Gasteiger charge is 2.16. The topological polar surface area (TPSA) is 108 Å². The van der Waals surface area contributed by atoms with Crippen LogP contribution in [0.3, 0.4) is 0 Å². The van der Waals surface area contributed by atoms with E-state index in [0.29, 0.717) is 13.2 Å². The van der Waals surface area contributed by atoms with Crippen molar-refractivity contribution in [2.45, 2.75) is 13.0 Å². The van der Waals surface area contributed by atoms with E-state index in [1.165, 1.54) is 19.2 Å². The zero-order valence-corrected chi connectivity index (χ0v) is 11.3. The minimum absolute atomic E-state index is 0.150. The van der Waals surface area contributed by atoms with Gasteiger partial charge in [0.25, 0.3) is 5.91 Å². The average Bonchev–Trinajstić information content (AvgIpc) is 2.41. The lowest BCUT2D eigenvalue weighted by atomic mass is 10.1. The molecule has 0 aliphatic heterocycles. The van der Waals surface area contributed by atoms with Crippen LogP contribution < -0.4 is 10.6 Å². The molecule has 1 unspecified atom stereocenters. The van der Waals surface area contributed by atoms with Crippen LogP contribution in [0.2, 0.25) is 0 Å². The van der Waals surface area contributed by atoms with Crippen molar-refractivity contribution < 1.29 is 24.5 Å². The smallest absolute Gasteiger partial charge is 0.252 e. The molecule has 0 radical (unpaired) electrons. The Kier molecular flexibility index (Phi) is 5.79. The van der Waals surface area contributed by atoms with Gasteiger partial charge in [0.2, 0.25) is 5.91 Å². The molecule has 7 heteroatoms. The Morgan fingerprint density at radius 2 is 2.00 bits per heavy atom. The second-order valence-corrected chi connectivity index (χ2v) is 4.18. The van der Waals surface area contributed by atoms with Crippen LogP contribution in [0.5, 0.6) is 11.5 Å². The summed E-state index contributed by atoms with van der Waals surface area (Å²) >= 11 is 0. The molecule has 20 heavy (non-hydrogen) atoms. The second kappa shape index (κ2) is 7.34. The van der Waals surface area contributed by atoms with Gasteiger partial charge in [0.1, 0.15) is 6.04 Å². The number of nitrogens with one attached hydrogen (secondary N) is 2. The van der Waals surface area contributed by atoms with Gasteiger partial charge in [-0.25, -0.2) is 0 Å². The Labute approximate surface area is 116 Å². The van der Waals surface area contributed by atoms with Gasteiger partial charge >= 0.3 is 0 Å². The van der Waals surface area contributed by atoms with Crippen molar-refractivity contribution in [2.75, 3.05) is 20.3 Å². The predicted molar refractivity (Wildman–Crippen MR) is 71.6 cm³/mol. The molecular weight excluding hydrogens is 264 g/mol. The third-order valence-electron chi connectivity index (χ3n) is 2.58. The number of phenols is 2. The van der Waals surface area contributed by atoms with Crippen LogP contribution in [0.25, 0.3) is 0 Å². The van der Waals surface area contributed by atoms with Gasteiger partial charge in [0.15, 0.2) is 11.5 Å². The maximum Gasteiger partial charge on any atom is 0.252 e. The van der Waals surface area contributed by atoms with E-state index in [-0.39, 0.29) is 17.2 Å². The Hall–Kier alpha value is -2.28. The van der Waals surface area contributed by atoms with E-state index in [0.717, 1.165) is 6.07 Å². The molecule has 0 saturated heterocycles. The van der Waals surface area contributed by atoms with Crippen molar-refractivity contribution in [2.24, 2.45) is 0 Å². The predicted octanol–water partition coefficient (Wildman–Crippen LogP) is -0.0213. The van der Waals surface area contributed by atoms with E-state index in [1.54, 1.807) is 6.92 Å². The summed E-state index contributed by atoms with van der Waals surface area (Å²) in [4.78, 5) is 23.5. The summed E-state index contributed by atoms with van der Waals surface area (Å²) < 4.78 is 4.79. The van der Waals surface area contributed by atoms with Gasteiger partial charge in [-0.3, -0.25) is 9.59 Å². The zero-order valence-electron chi connectivity index (χ0n) is 11.3. The summed E-state index contributed by atoms with van der Waals surface area (Å²) in [6.07, 6.45) is 0. The Morgan fingerprint density at radius 3 is 2.60 bits per heavy atom. The van der Waals surface area contributed by atoms with E-state index in [1.807, 2.05) is 0 Å². The second-order valence-electron chi connectivity index (χ2n) is 4.18. The number of phenolic OH excluding ortho intramolecular Hbond substituents is 2. The first-order valence-electron chi connectivity index (χ1n) is 6.05. The number of amides is 2. The van der Waals surface area contributed by atoms with Crippen LogP contribution in [-0.2, 0) is 9.53 Å². The number of methoxy groups -OCH3 is 1. The summed E-state index contributed by atoms with van der Waals surface area (Å²) in [5.41, 5.74) is 0.150. The van der Waals surface area contributed by atoms with Crippen molar-refractivity contribution in [3.05, 3.63) is 23.8 Å². The van der Waals surface area contributed by atoms with E-state index < -0.39 is 17.7 Å². The number of carbonyl (C=O) groups excluding carboxylic acids is 2. The van der Waals surface area contributed by atoms with Crippen LogP contribution in [-0.4, -0.2) is 48.3 Å². The number of ether oxygens (including phenoxy) is 1. The monoisotopic (exact) mass is 282 g/mol. The first-order chi connectivity index (χ1) is 9.45. The fourth-order valence-corrected chi connectivity index (χ4v) is 1.44. The molecule has 110 valence electrons. The fraction of sp³-hybridized carbons (Fsp3) is 0.385. The zero-order chi connectivity index (χ0) is 15.1. The van der Waals surface area contributed by atoms with Crippen molar-refractivity contribution in [3.8, 4) is 11.5 Å². The Bertz CT molecular complexity index is 490. The molecule has 1 atom stereocenters. The summed E-state index contributed by atoms with van der Waals surface area (Å²) in [6.45, 7) is 2.29. The third kappa shape index (κ3) is 4.43. The first-order valence-corrected chi connectivity index (χ1v) is 6.05. The summed E-state index contributed by atoms with van der Waals surface area (Å²) in [5, 5.41) is 23.5. The molecular formula is C13H18N2O5. The summed E-state index contributed by atoms with van der Waals surface area (Å²) in [7, 11) is 1.52. The molecule has 0 heterocycles. The minimum Gasteiger partial charge on any atom is -0.504 e. The van der Waals surface area contributed by atoms with Crippen molar-refractivity contribution in [1.29, 1.82) is 0 Å². The molecule has 0 spiro atoms. The number of rotatable bonds is 6. The standard InChI is InChI=1S/C13H18N2O5/c1-8(12(18)14-5-6-20-2)15-13(19)9-3-4-10(16)11(17)7-9/h3-4,7-8,16-17H,5-6H2,1-2H3,(H,14,18)(H,15,19). The average molecular weight is 282 g/mol. The van der Waals surface area contributed by atoms with Crippen LogP contribution in [0.15, 0.2) is 18.2 Å². The van der Waals surface area contributed by atoms with Gasteiger partial charge in [0, 0.05) is 19.2 Å². The van der Waals surface area contributed by atoms with Crippen molar-refractivity contribution in [3.63, 3.8) is 0 Å². The lowest BCUT2D eigenvalue weighted by Gasteiger charge is -2.14. The van der Waals surface area contributed by atoms with Gasteiger partial charge in [-0.15, -0.1) is 0 Å². The maximum atomic E-state index is 11.8. The molecule has 7 nitrogen and oxygen atoms in total. The Morgan fingerprint density at radius 1 is 1.30 bits per heavy atom. The van der Waals surface area contributed by atoms with Gasteiger partial charge < -0.3 is 25.6 Å². The van der Waals surface area contributed by atoms with Crippen molar-refractivity contribution >= 4 is 11.8 Å². The van der Waals surface area contributed by atoms with Crippen LogP contribution in [0, 0.1) is 0 Å². The molecule has 0 aliphatic rings. The highest BCUT2D eigenvalue weighted by atomic mass is 16.5. The molecule has 2 amide bonds. The first kappa shape index (κ1) is 15.8. The van der Waals surface area contributed by atoms with E-state index in [4.69, 9.17) is 9.84 Å². The molecule has 0 saturated carbocycles. The molecule has 0 aromatic heterocycles. The quantitative estimate of drug-likeness (QED) is 0.433. The molecule has 1 aromatic carbocycles. The minimum atomic E-state index is -0.727. The van der Waals surface area contributed by atoms with Crippen LogP contribution >= 0.6 is 0 Å². The highest BCUT2D eigenvalue weighted by Crippen LogP contribution is 2.24. The van der Waals surface area contributed by atoms with Crippen LogP contribution in [0.1, 0.15) is 17.3 Å². The molecule has 0 aliphatic carbocycles. The third-order valence-corrected chi connectivity index (χ3v) is 2.58. The number of hydrogen-bond donors (Lipinski definition) is 4. The van der Waals surface area contributed by atoms with Gasteiger partial charge in [-0.1, -0.05) is 0 Å². The summed E-state index contributed by atoms with van der Waals surface area (Å²) in [6, 6.07) is 2.95.